The van der Waals surface area contributed by atoms with Crippen molar-refractivity contribution in [2.24, 2.45) is 0 Å². The molecule has 16 nitrogen and oxygen atoms in total. The van der Waals surface area contributed by atoms with Gasteiger partial charge in [-0.25, -0.2) is 19.9 Å². The first-order chi connectivity index (χ1) is 56.6. The van der Waals surface area contributed by atoms with Crippen LogP contribution in [0.1, 0.15) is 155 Å². The van der Waals surface area contributed by atoms with Crippen LogP contribution in [0.3, 0.4) is 0 Å². The molecule has 0 radical (unpaired) electrons. The average molecular weight is 1550 g/mol. The largest absolute Gasteiger partial charge is 0.493 e. The molecule has 16 bridgehead atoms. The zero-order valence-electron chi connectivity index (χ0n) is 68.6. The summed E-state index contributed by atoms with van der Waals surface area (Å²) in [5.74, 6) is 9.02. The number of hydrogen-bond acceptors (Lipinski definition) is 12. The van der Waals surface area contributed by atoms with Gasteiger partial charge in [0.2, 0.25) is 0 Å². The Morgan fingerprint density at radius 3 is 0.778 bits per heavy atom. The zero-order valence-corrected chi connectivity index (χ0v) is 68.6. The molecule has 6 aromatic heterocycles. The van der Waals surface area contributed by atoms with Crippen LogP contribution in [0.25, 0.3) is 160 Å². The topological polar surface area (TPSA) is 189 Å². The SMILES string of the molecule is C#Cc1c2nc(c(-c3ccc(OCCC(C)(C)OC)cc3)c3ccc([nH]3)c(-c3cc4c(cc3-c3c5nc(c(-c6ccc(OCCC(C)(C)OC)cc6)c6ccc([nH]6)c(C#C)c6nc(c(-c7ccc(OCCC(C)(C)OC)cc7)c7ccc3[nH]7)C=C6)C=C5)CCC4)c3nc(c(-c4ccc(OCCC(C)(C)OC)cc4)c4ccc1[nH]4)C=C3)C=C2. The summed E-state index contributed by atoms with van der Waals surface area (Å²) in [6, 6.07) is 54.7. The minimum Gasteiger partial charge on any atom is -0.493 e. The van der Waals surface area contributed by atoms with E-state index >= 15 is 0 Å². The normalized spacial score (nSPS) is 13.1. The van der Waals surface area contributed by atoms with Gasteiger partial charge in [0.1, 0.15) is 23.0 Å². The number of ether oxygens (including phenoxy) is 8. The molecular formula is C101H98N8O8. The fraction of sp³-hybridized carbons (Fsp3) is 0.267. The molecule has 16 rings (SSSR count). The van der Waals surface area contributed by atoms with Crippen LogP contribution in [0.15, 0.2) is 158 Å². The Kier molecular flexibility index (Phi) is 21.8. The molecule has 117 heavy (non-hydrogen) atoms. The van der Waals surface area contributed by atoms with Crippen molar-refractivity contribution in [3.63, 3.8) is 0 Å². The summed E-state index contributed by atoms with van der Waals surface area (Å²) < 4.78 is 48.5. The Labute approximate surface area is 684 Å². The van der Waals surface area contributed by atoms with E-state index in [0.717, 1.165) is 187 Å². The standard InChI is InChI=1S/C101H98N8O8/c1-15-72-76-36-40-80(102-76)92(62-20-28-68(29-21-62)114-56-52-98(3,4)110-11)84-44-48-88(106-84)96(89-49-45-85(107-89)93(81-41-37-77(72)103-81)63-22-30-69(31-23-63)115-57-53-99(5,6)111-12)74-60-66-18-17-19-67(66)61-75(74)97-90-50-46-86(108-90)94(64-24-32-70(33-25-64)116-58-54-100(7,8)112-13)82-42-38-78(104-82)73(16-2)79-39-43-83(105-79)95(87-47-51-91(97)109-87)65-26-34-71(35-27-65)117-59-55-101(9,10)113-14/h1-2,20-51,60-61,102,104,107,109H,17-19,52-59H2,3-14H3. The number of benzene rings is 5. The highest BCUT2D eigenvalue weighted by Gasteiger charge is 2.29. The number of aryl methyl sites for hydroxylation is 2. The van der Waals surface area contributed by atoms with Crippen LogP contribution < -0.4 is 18.9 Å². The smallest absolute Gasteiger partial charge is 0.119 e. The molecule has 11 aromatic rings. The number of rotatable bonds is 26. The maximum absolute atomic E-state index is 6.58. The highest BCUT2D eigenvalue weighted by atomic mass is 16.5. The van der Waals surface area contributed by atoms with Crippen molar-refractivity contribution in [2.45, 2.75) is 123 Å². The summed E-state index contributed by atoms with van der Waals surface area (Å²) >= 11 is 0. The summed E-state index contributed by atoms with van der Waals surface area (Å²) in [4.78, 5) is 38.4. The molecule has 0 unspecified atom stereocenters. The number of fused-ring (bicyclic) bond motifs is 17. The molecule has 0 spiro atoms. The summed E-state index contributed by atoms with van der Waals surface area (Å²) in [5, 5.41) is 0. The molecule has 0 saturated heterocycles. The van der Waals surface area contributed by atoms with Gasteiger partial charge in [0.25, 0.3) is 0 Å². The predicted octanol–water partition coefficient (Wildman–Crippen LogP) is 22.9. The van der Waals surface area contributed by atoms with Crippen molar-refractivity contribution in [2.75, 3.05) is 54.9 Å². The van der Waals surface area contributed by atoms with Crippen molar-refractivity contribution in [3.8, 4) is 114 Å². The van der Waals surface area contributed by atoms with E-state index in [1.807, 2.05) is 72.8 Å². The number of aromatic nitrogens is 8. The van der Waals surface area contributed by atoms with E-state index in [-0.39, 0.29) is 22.4 Å². The Balaban J connectivity index is 0.980. The Morgan fingerprint density at radius 2 is 0.521 bits per heavy atom. The first-order valence-electron chi connectivity index (χ1n) is 40.1. The van der Waals surface area contributed by atoms with Crippen molar-refractivity contribution < 1.29 is 37.9 Å². The Bertz CT molecular complexity index is 5740. The van der Waals surface area contributed by atoms with Crippen molar-refractivity contribution >= 4 is 92.7 Å². The lowest BCUT2D eigenvalue weighted by molar-refractivity contribution is 0.00511. The molecule has 5 aromatic carbocycles. The summed E-state index contributed by atoms with van der Waals surface area (Å²) in [5.41, 5.74) is 25.1. The first-order valence-corrected chi connectivity index (χ1v) is 40.1. The Hall–Kier alpha value is -12.5. The van der Waals surface area contributed by atoms with Gasteiger partial charge >= 0.3 is 0 Å². The van der Waals surface area contributed by atoms with Crippen LogP contribution >= 0.6 is 0 Å². The third-order valence-corrected chi connectivity index (χ3v) is 23.2. The summed E-state index contributed by atoms with van der Waals surface area (Å²) in [7, 11) is 6.92. The third kappa shape index (κ3) is 16.6. The van der Waals surface area contributed by atoms with Gasteiger partial charge in [-0.1, -0.05) is 72.5 Å². The molecule has 5 aliphatic rings. The first kappa shape index (κ1) is 78.4. The number of nitrogens with zero attached hydrogens (tertiary/aromatic N) is 4. The maximum Gasteiger partial charge on any atom is 0.119 e. The minimum absolute atomic E-state index is 0.344. The van der Waals surface area contributed by atoms with Gasteiger partial charge in [-0.2, -0.15) is 0 Å². The quantitative estimate of drug-likeness (QED) is 0.0376. The maximum atomic E-state index is 6.58. The van der Waals surface area contributed by atoms with Gasteiger partial charge in [0.05, 0.1) is 117 Å². The van der Waals surface area contributed by atoms with Crippen molar-refractivity contribution in [1.29, 1.82) is 0 Å². The van der Waals surface area contributed by atoms with Gasteiger partial charge in [0.15, 0.2) is 0 Å². The lowest BCUT2D eigenvalue weighted by Gasteiger charge is -2.22. The van der Waals surface area contributed by atoms with Crippen molar-refractivity contribution in [3.05, 3.63) is 226 Å². The molecule has 10 heterocycles. The molecule has 1 aliphatic carbocycles. The third-order valence-electron chi connectivity index (χ3n) is 23.2. The molecule has 0 atom stereocenters. The van der Waals surface area contributed by atoms with Crippen LogP contribution in [0, 0.1) is 24.7 Å². The molecule has 0 amide bonds. The molecular weight excluding hydrogens is 1450 g/mol. The number of aromatic amines is 4. The van der Waals surface area contributed by atoms with Gasteiger partial charge < -0.3 is 57.8 Å². The van der Waals surface area contributed by atoms with Crippen LogP contribution in [0.4, 0.5) is 0 Å². The number of nitrogens with one attached hydrogen (secondary N) is 4. The highest BCUT2D eigenvalue weighted by Crippen LogP contribution is 2.47. The van der Waals surface area contributed by atoms with Crippen LogP contribution in [-0.4, -0.2) is 117 Å². The van der Waals surface area contributed by atoms with E-state index in [4.69, 9.17) is 70.7 Å². The number of H-pyrrole nitrogens is 4. The zero-order chi connectivity index (χ0) is 81.3. The van der Waals surface area contributed by atoms with Gasteiger partial charge in [-0.3, -0.25) is 0 Å². The number of methoxy groups -OCH3 is 4. The van der Waals surface area contributed by atoms with Crippen molar-refractivity contribution in [1.82, 2.24) is 39.9 Å². The van der Waals surface area contributed by atoms with Gasteiger partial charge in [-0.15, -0.1) is 12.8 Å². The van der Waals surface area contributed by atoms with E-state index in [2.05, 4.69) is 221 Å². The van der Waals surface area contributed by atoms with E-state index in [0.29, 0.717) is 74.6 Å². The Morgan fingerprint density at radius 1 is 0.299 bits per heavy atom. The highest BCUT2D eigenvalue weighted by molar-refractivity contribution is 6.06. The molecule has 4 aliphatic heterocycles. The van der Waals surface area contributed by atoms with Gasteiger partial charge in [0, 0.05) is 121 Å². The van der Waals surface area contributed by atoms with Gasteiger partial charge in [-0.05, 0) is 265 Å². The van der Waals surface area contributed by atoms with E-state index in [9.17, 15) is 0 Å². The van der Waals surface area contributed by atoms with E-state index < -0.39 is 0 Å². The van der Waals surface area contributed by atoms with Crippen LogP contribution in [-0.2, 0) is 31.8 Å². The fourth-order valence-electron chi connectivity index (χ4n) is 15.5. The van der Waals surface area contributed by atoms with Crippen LogP contribution in [0.2, 0.25) is 0 Å². The summed E-state index contributed by atoms with van der Waals surface area (Å²) in [6.45, 7) is 18.4. The predicted molar refractivity (Wildman–Crippen MR) is 477 cm³/mol. The second-order valence-corrected chi connectivity index (χ2v) is 32.7. The van der Waals surface area contributed by atoms with E-state index in [1.165, 1.54) is 11.1 Å². The molecule has 590 valence electrons. The summed E-state index contributed by atoms with van der Waals surface area (Å²) in [6.07, 6.45) is 35.4. The number of hydrogen-bond donors (Lipinski definition) is 4. The second kappa shape index (κ2) is 32.6. The molecule has 16 heteroatoms. The molecule has 0 saturated carbocycles. The van der Waals surface area contributed by atoms with Crippen LogP contribution in [0.5, 0.6) is 23.0 Å². The molecule has 4 N–H and O–H groups in total. The molecule has 0 fully saturated rings. The minimum atomic E-state index is -0.344. The fourth-order valence-corrected chi connectivity index (χ4v) is 15.5. The van der Waals surface area contributed by atoms with E-state index in [1.54, 1.807) is 28.4 Å². The average Bonchev–Trinajstić information content (AvgIpc) is 1.64. The lowest BCUT2D eigenvalue weighted by Crippen LogP contribution is -2.25. The monoisotopic (exact) mass is 1550 g/mol. The lowest BCUT2D eigenvalue weighted by atomic mass is 9.89. The second-order valence-electron chi connectivity index (χ2n) is 32.7. The number of terminal acetylenes is 2.